The molecule has 108 valence electrons. The molecule has 0 amide bonds. The third-order valence-electron chi connectivity index (χ3n) is 3.46. The van der Waals surface area contributed by atoms with Crippen LogP contribution in [0.1, 0.15) is 23.6 Å². The normalized spacial score (nSPS) is 18.1. The SMILES string of the molecule is Cc1ccc([C@@H](CC(F)F)N2CCNCC2)cc1.Cl. The van der Waals surface area contributed by atoms with Gasteiger partial charge in [-0.2, -0.15) is 0 Å². The van der Waals surface area contributed by atoms with Crippen LogP contribution in [0.25, 0.3) is 0 Å². The average Bonchev–Trinajstić information content (AvgIpc) is 2.38. The van der Waals surface area contributed by atoms with Crippen molar-refractivity contribution in [2.45, 2.75) is 25.8 Å². The minimum absolute atomic E-state index is 0. The number of nitrogens with one attached hydrogen (secondary N) is 1. The molecule has 1 saturated heterocycles. The highest BCUT2D eigenvalue weighted by Gasteiger charge is 2.25. The van der Waals surface area contributed by atoms with Gasteiger partial charge in [0.2, 0.25) is 6.43 Å². The lowest BCUT2D eigenvalue weighted by Crippen LogP contribution is -2.45. The van der Waals surface area contributed by atoms with E-state index in [1.165, 1.54) is 0 Å². The summed E-state index contributed by atoms with van der Waals surface area (Å²) >= 11 is 0. The van der Waals surface area contributed by atoms with Crippen LogP contribution >= 0.6 is 12.4 Å². The van der Waals surface area contributed by atoms with E-state index in [0.717, 1.165) is 37.3 Å². The Labute approximate surface area is 119 Å². The fourth-order valence-electron chi connectivity index (χ4n) is 2.45. The van der Waals surface area contributed by atoms with Crippen molar-refractivity contribution in [3.63, 3.8) is 0 Å². The molecule has 19 heavy (non-hydrogen) atoms. The van der Waals surface area contributed by atoms with Crippen molar-refractivity contribution in [2.75, 3.05) is 26.2 Å². The van der Waals surface area contributed by atoms with Crippen molar-refractivity contribution in [3.05, 3.63) is 35.4 Å². The number of benzene rings is 1. The summed E-state index contributed by atoms with van der Waals surface area (Å²) in [6, 6.07) is 7.79. The number of hydrogen-bond acceptors (Lipinski definition) is 2. The molecule has 1 fully saturated rings. The molecule has 2 nitrogen and oxygen atoms in total. The Hall–Kier alpha value is -0.710. The van der Waals surface area contributed by atoms with Crippen molar-refractivity contribution < 1.29 is 8.78 Å². The summed E-state index contributed by atoms with van der Waals surface area (Å²) in [5.74, 6) is 0. The maximum absolute atomic E-state index is 12.8. The first-order valence-corrected chi connectivity index (χ1v) is 6.46. The van der Waals surface area contributed by atoms with Gasteiger partial charge in [0.25, 0.3) is 0 Å². The zero-order valence-corrected chi connectivity index (χ0v) is 11.9. The highest BCUT2D eigenvalue weighted by atomic mass is 35.5. The zero-order chi connectivity index (χ0) is 13.0. The second-order valence-electron chi connectivity index (χ2n) is 4.84. The largest absolute Gasteiger partial charge is 0.314 e. The average molecular weight is 291 g/mol. The third kappa shape index (κ3) is 4.71. The first-order chi connectivity index (χ1) is 8.66. The predicted molar refractivity (Wildman–Crippen MR) is 76.2 cm³/mol. The van der Waals surface area contributed by atoms with Crippen LogP contribution in [0.3, 0.4) is 0 Å². The highest BCUT2D eigenvalue weighted by Crippen LogP contribution is 2.27. The van der Waals surface area contributed by atoms with Crippen LogP contribution < -0.4 is 5.32 Å². The lowest BCUT2D eigenvalue weighted by molar-refractivity contribution is 0.0739. The van der Waals surface area contributed by atoms with Crippen LogP contribution in [0.15, 0.2) is 24.3 Å². The van der Waals surface area contributed by atoms with Gasteiger partial charge in [-0.3, -0.25) is 4.90 Å². The van der Waals surface area contributed by atoms with Crippen molar-refractivity contribution in [1.29, 1.82) is 0 Å². The Bertz CT molecular complexity index is 364. The summed E-state index contributed by atoms with van der Waals surface area (Å²) in [4.78, 5) is 2.16. The van der Waals surface area contributed by atoms with E-state index < -0.39 is 6.43 Å². The lowest BCUT2D eigenvalue weighted by atomic mass is 10.00. The lowest BCUT2D eigenvalue weighted by Gasteiger charge is -2.35. The minimum atomic E-state index is -2.26. The molecule has 1 aromatic carbocycles. The second kappa shape index (κ2) is 7.78. The van der Waals surface area contributed by atoms with Gasteiger partial charge in [0.15, 0.2) is 0 Å². The topological polar surface area (TPSA) is 15.3 Å². The zero-order valence-electron chi connectivity index (χ0n) is 11.1. The molecular weight excluding hydrogens is 270 g/mol. The van der Waals surface area contributed by atoms with E-state index in [2.05, 4.69) is 10.2 Å². The van der Waals surface area contributed by atoms with Crippen molar-refractivity contribution in [3.8, 4) is 0 Å². The molecule has 1 heterocycles. The van der Waals surface area contributed by atoms with E-state index in [9.17, 15) is 8.78 Å². The van der Waals surface area contributed by atoms with Gasteiger partial charge in [-0.25, -0.2) is 8.78 Å². The number of nitrogens with zero attached hydrogens (tertiary/aromatic N) is 1. The first kappa shape index (κ1) is 16.3. The molecule has 0 bridgehead atoms. The van der Waals surface area contributed by atoms with Crippen molar-refractivity contribution in [2.24, 2.45) is 0 Å². The monoisotopic (exact) mass is 290 g/mol. The van der Waals surface area contributed by atoms with Crippen LogP contribution in [0.5, 0.6) is 0 Å². The molecule has 1 atom stereocenters. The summed E-state index contributed by atoms with van der Waals surface area (Å²) in [7, 11) is 0. The van der Waals surface area contributed by atoms with E-state index in [1.54, 1.807) is 0 Å². The molecule has 1 aromatic rings. The fourth-order valence-corrected chi connectivity index (χ4v) is 2.45. The van der Waals surface area contributed by atoms with E-state index in [1.807, 2.05) is 31.2 Å². The van der Waals surface area contributed by atoms with Gasteiger partial charge in [0.05, 0.1) is 0 Å². The van der Waals surface area contributed by atoms with Gasteiger partial charge in [0.1, 0.15) is 0 Å². The maximum atomic E-state index is 12.8. The quantitative estimate of drug-likeness (QED) is 0.917. The van der Waals surface area contributed by atoms with Crippen LogP contribution in [-0.4, -0.2) is 37.5 Å². The van der Waals surface area contributed by atoms with Gasteiger partial charge in [0, 0.05) is 38.6 Å². The summed E-state index contributed by atoms with van der Waals surface area (Å²) in [6.45, 7) is 5.45. The van der Waals surface area contributed by atoms with E-state index in [4.69, 9.17) is 0 Å². The molecule has 0 spiro atoms. The summed E-state index contributed by atoms with van der Waals surface area (Å²) in [5.41, 5.74) is 2.16. The summed E-state index contributed by atoms with van der Waals surface area (Å²) in [6.07, 6.45) is -2.34. The second-order valence-corrected chi connectivity index (χ2v) is 4.84. The van der Waals surface area contributed by atoms with Gasteiger partial charge < -0.3 is 5.32 Å². The standard InChI is InChI=1S/C14H20F2N2.ClH/c1-11-2-4-12(5-3-11)13(10-14(15)16)18-8-6-17-7-9-18;/h2-5,13-14,17H,6-10H2,1H3;1H/t13-;/m1./s1. The first-order valence-electron chi connectivity index (χ1n) is 6.46. The molecule has 0 saturated carbocycles. The Morgan fingerprint density at radius 2 is 1.74 bits per heavy atom. The van der Waals surface area contributed by atoms with E-state index in [-0.39, 0.29) is 24.9 Å². The van der Waals surface area contributed by atoms with Crippen LogP contribution in [0.2, 0.25) is 0 Å². The molecule has 1 N–H and O–H groups in total. The number of piperazine rings is 1. The Balaban J connectivity index is 0.00000180. The van der Waals surface area contributed by atoms with E-state index >= 15 is 0 Å². The molecule has 0 radical (unpaired) electrons. The van der Waals surface area contributed by atoms with Crippen molar-refractivity contribution >= 4 is 12.4 Å². The molecule has 0 aliphatic carbocycles. The predicted octanol–water partition coefficient (Wildman–Crippen LogP) is 3.02. The van der Waals surface area contributed by atoms with Gasteiger partial charge in [-0.1, -0.05) is 29.8 Å². The number of hydrogen-bond donors (Lipinski definition) is 1. The molecule has 2 rings (SSSR count). The number of aryl methyl sites for hydroxylation is 1. The highest BCUT2D eigenvalue weighted by molar-refractivity contribution is 5.85. The van der Waals surface area contributed by atoms with Gasteiger partial charge >= 0.3 is 0 Å². The summed E-state index contributed by atoms with van der Waals surface area (Å²) in [5, 5.41) is 3.25. The van der Waals surface area contributed by atoms with Crippen molar-refractivity contribution in [1.82, 2.24) is 10.2 Å². The van der Waals surface area contributed by atoms with E-state index in [0.29, 0.717) is 0 Å². The number of rotatable bonds is 4. The molecule has 1 aliphatic rings. The molecular formula is C14H21ClF2N2. The molecule has 0 unspecified atom stereocenters. The van der Waals surface area contributed by atoms with Crippen LogP contribution in [0.4, 0.5) is 8.78 Å². The Morgan fingerprint density at radius 3 is 2.26 bits per heavy atom. The van der Waals surface area contributed by atoms with Crippen LogP contribution in [-0.2, 0) is 0 Å². The third-order valence-corrected chi connectivity index (χ3v) is 3.46. The minimum Gasteiger partial charge on any atom is -0.314 e. The fraction of sp³-hybridized carbons (Fsp3) is 0.571. The van der Waals surface area contributed by atoms with Crippen LogP contribution in [0, 0.1) is 6.92 Å². The summed E-state index contributed by atoms with van der Waals surface area (Å²) < 4.78 is 25.5. The molecule has 5 heteroatoms. The Kier molecular flexibility index (Phi) is 6.69. The van der Waals surface area contributed by atoms with Gasteiger partial charge in [-0.15, -0.1) is 12.4 Å². The number of halogens is 3. The Morgan fingerprint density at radius 1 is 1.16 bits per heavy atom. The number of alkyl halides is 2. The smallest absolute Gasteiger partial charge is 0.240 e. The molecule has 1 aliphatic heterocycles. The maximum Gasteiger partial charge on any atom is 0.240 e. The molecule has 0 aromatic heterocycles. The van der Waals surface area contributed by atoms with Gasteiger partial charge in [-0.05, 0) is 12.5 Å².